The van der Waals surface area contributed by atoms with Crippen molar-refractivity contribution < 1.29 is 200 Å². The molecule has 700 valence electrons. The first-order chi connectivity index (χ1) is 58.8. The molecule has 0 bridgehead atoms. The van der Waals surface area contributed by atoms with Crippen LogP contribution in [-0.2, 0) is 156 Å². The van der Waals surface area contributed by atoms with Gasteiger partial charge in [0.05, 0.1) is 0 Å². The first-order valence-electron chi connectivity index (χ1n) is 41.4. The Morgan fingerprint density at radius 3 is 0.264 bits per heavy atom. The van der Waals surface area contributed by atoms with Gasteiger partial charge >= 0.3 is 0 Å². The van der Waals surface area contributed by atoms with Crippen LogP contribution in [0.2, 0.25) is 0 Å². The number of hydrogen-bond donors (Lipinski definition) is 0. The Morgan fingerprint density at radius 2 is 0.209 bits per heavy atom. The second-order valence-electron chi connectivity index (χ2n) is 31.8. The van der Waals surface area contributed by atoms with E-state index in [0.29, 0.717) is 0 Å². The maximum atomic E-state index is 13.4. The van der Waals surface area contributed by atoms with Crippen molar-refractivity contribution in [3.63, 3.8) is 0 Å². The molecule has 0 aliphatic rings. The van der Waals surface area contributed by atoms with E-state index in [0.717, 1.165) is 0 Å². The fourth-order valence-corrected chi connectivity index (χ4v) is 14.2. The van der Waals surface area contributed by atoms with Crippen LogP contribution in [-0.4, -0.2) is 61.0 Å². The number of ether oxygens (including phenoxy) is 5. The van der Waals surface area contributed by atoms with E-state index in [-0.39, 0.29) is 130 Å². The van der Waals surface area contributed by atoms with Gasteiger partial charge in [-0.1, -0.05) is 373 Å². The summed E-state index contributed by atoms with van der Waals surface area (Å²) < 4.78 is 27.5. The molecule has 129 heavy (non-hydrogen) atoms. The zero-order valence-corrected chi connectivity index (χ0v) is 79.3. The fourth-order valence-electron chi connectivity index (χ4n) is 14.2. The van der Waals surface area contributed by atoms with Crippen molar-refractivity contribution in [2.45, 2.75) is 252 Å². The van der Waals surface area contributed by atoms with E-state index in [1.165, 1.54) is 191 Å². The predicted molar refractivity (Wildman–Crippen MR) is 427 cm³/mol. The van der Waals surface area contributed by atoms with Crippen LogP contribution in [0.1, 0.15) is 189 Å². The van der Waals surface area contributed by atoms with Crippen LogP contribution < -0.4 is 102 Å². The molecule has 10 aromatic carbocycles. The Hall–Kier alpha value is -6.46. The third kappa shape index (κ3) is 38.1. The fraction of sp³-hybridized carbons (Fsp3) is 0.400. The molecule has 0 heterocycles. The van der Waals surface area contributed by atoms with Gasteiger partial charge in [-0.3, -0.25) is 0 Å². The second kappa shape index (κ2) is 55.4. The van der Waals surface area contributed by atoms with E-state index >= 15 is 0 Å². The van der Waals surface area contributed by atoms with Gasteiger partial charge in [0.15, 0.2) is 0 Å². The Labute approximate surface area is 805 Å². The van der Waals surface area contributed by atoms with Crippen molar-refractivity contribution >= 4 is 0 Å². The topological polar surface area (TPSA) is 507 Å². The normalized spacial score (nSPS) is 18.2. The minimum absolute atomic E-state index is 0. The maximum absolute atomic E-state index is 13.4. The van der Waals surface area contributed by atoms with Gasteiger partial charge in [0.2, 0.25) is 0 Å². The minimum atomic E-state index is -2.32. The van der Waals surface area contributed by atoms with Crippen molar-refractivity contribution in [3.05, 3.63) is 359 Å². The van der Waals surface area contributed by atoms with Crippen molar-refractivity contribution in [2.24, 2.45) is 0 Å². The zero-order chi connectivity index (χ0) is 92.5. The standard InChI is InChI=1S/5C20H22O5.4V/c5*1-15(21)13-19(23,17-9-5-3-6-10-17)25-20(24,14-16(2)22)18-11-7-4-8-12-18;;;;/h5*3-12,15-16H,13-14H2,1-2H3;;;;/q5*-4;;;;. The third-order valence-corrected chi connectivity index (χ3v) is 19.3. The molecule has 29 heteroatoms. The zero-order valence-electron chi connectivity index (χ0n) is 73.7. The predicted octanol–water partition coefficient (Wildman–Crippen LogP) is -1.47. The summed E-state index contributed by atoms with van der Waals surface area (Å²) in [6.45, 7) is 13.5. The van der Waals surface area contributed by atoms with Gasteiger partial charge in [0, 0.05) is 132 Å². The van der Waals surface area contributed by atoms with Gasteiger partial charge in [0.1, 0.15) is 0 Å². The molecule has 0 fully saturated rings. The molecule has 0 spiro atoms. The summed E-state index contributed by atoms with van der Waals surface area (Å²) in [5.41, 5.74) is 2.01. The van der Waals surface area contributed by atoms with E-state index < -0.39 is 183 Å². The van der Waals surface area contributed by atoms with Gasteiger partial charge in [-0.25, -0.2) is 0 Å². The Kier molecular flexibility index (Phi) is 50.9. The van der Waals surface area contributed by atoms with Crippen molar-refractivity contribution in [1.29, 1.82) is 0 Å². The molecular formula is C100H110O25V4-20. The van der Waals surface area contributed by atoms with Crippen LogP contribution in [0, 0.1) is 0 Å². The molecule has 20 atom stereocenters. The average Bonchev–Trinajstić information content (AvgIpc) is 0.802. The summed E-state index contributed by atoms with van der Waals surface area (Å²) in [5, 5.41) is 251. The van der Waals surface area contributed by atoms with E-state index in [2.05, 4.69) is 0 Å². The van der Waals surface area contributed by atoms with E-state index in [1.807, 2.05) is 0 Å². The number of hydrogen-bond acceptors (Lipinski definition) is 25. The molecule has 10 aromatic rings. The first-order valence-corrected chi connectivity index (χ1v) is 41.4. The van der Waals surface area contributed by atoms with Crippen LogP contribution in [0.5, 0.6) is 0 Å². The second-order valence-corrected chi connectivity index (χ2v) is 31.8. The summed E-state index contributed by atoms with van der Waals surface area (Å²) in [4.78, 5) is 0. The molecule has 0 aliphatic heterocycles. The van der Waals surface area contributed by atoms with Gasteiger partial charge in [-0.05, 0) is 120 Å². The largest absolute Gasteiger partial charge is 0.852 e. The molecule has 10 rings (SSSR count). The van der Waals surface area contributed by atoms with Gasteiger partial charge in [-0.2, -0.15) is 0 Å². The average molecular weight is 1920 g/mol. The van der Waals surface area contributed by atoms with Crippen LogP contribution in [0.3, 0.4) is 0 Å². The Morgan fingerprint density at radius 1 is 0.147 bits per heavy atom. The summed E-state index contributed by atoms with van der Waals surface area (Å²) in [7, 11) is 0. The van der Waals surface area contributed by atoms with E-state index in [4.69, 9.17) is 23.7 Å². The summed E-state index contributed by atoms with van der Waals surface area (Å²) in [5.74, 6) is -23.2. The third-order valence-electron chi connectivity index (χ3n) is 19.3. The quantitative estimate of drug-likeness (QED) is 0.0396. The van der Waals surface area contributed by atoms with Crippen molar-refractivity contribution in [2.75, 3.05) is 0 Å². The Bertz CT molecular complexity index is 3640. The van der Waals surface area contributed by atoms with Crippen LogP contribution in [0.4, 0.5) is 0 Å². The van der Waals surface area contributed by atoms with Crippen molar-refractivity contribution in [1.82, 2.24) is 0 Å². The SMILES string of the molecule is CC([O-])CC([O-])(OC([O-])(CC(C)[O-])c1ccccc1)c1ccccc1.CC([O-])CC([O-])(OC([O-])(CC(C)[O-])c1ccccc1)c1ccccc1.CC([O-])CC([O-])(OC([O-])(CC(C)[O-])c1ccccc1)c1ccccc1.CC([O-])CC([O-])(OC([O-])(CC(C)[O-])c1ccccc1)c1ccccc1.CC([O-])CC([O-])(OC([O-])(CC(C)[O-])c1ccccc1)c1ccccc1.[V].[V].[V].[V]. The Balaban J connectivity index is 0.000000542. The molecule has 0 aliphatic carbocycles. The minimum Gasteiger partial charge on any atom is -0.852 e. The maximum Gasteiger partial charge on any atom is 0.0180 e. The molecule has 0 amide bonds. The van der Waals surface area contributed by atoms with Gasteiger partial charge in [0.25, 0.3) is 0 Å². The van der Waals surface area contributed by atoms with Crippen LogP contribution in [0.15, 0.2) is 303 Å². The summed E-state index contributed by atoms with van der Waals surface area (Å²) in [6.07, 6.45) is -16.4. The number of rotatable bonds is 40. The molecule has 4 radical (unpaired) electrons. The summed E-state index contributed by atoms with van der Waals surface area (Å²) in [6, 6.07) is 80.8. The molecule has 20 unspecified atom stereocenters. The van der Waals surface area contributed by atoms with Gasteiger partial charge in [-0.15, -0.1) is 61.0 Å². The number of benzene rings is 10. The summed E-state index contributed by atoms with van der Waals surface area (Å²) >= 11 is 0. The molecule has 0 N–H and O–H groups in total. The molecule has 25 nitrogen and oxygen atoms in total. The monoisotopic (exact) mass is 1910 g/mol. The van der Waals surface area contributed by atoms with Gasteiger partial charge < -0.3 is 126 Å². The first kappa shape index (κ1) is 119. The van der Waals surface area contributed by atoms with E-state index in [9.17, 15) is 102 Å². The van der Waals surface area contributed by atoms with E-state index in [1.54, 1.807) is 182 Å². The van der Waals surface area contributed by atoms with Crippen LogP contribution >= 0.6 is 0 Å². The molecule has 0 saturated carbocycles. The van der Waals surface area contributed by atoms with Crippen LogP contribution in [0.25, 0.3) is 0 Å². The molecule has 0 aromatic heterocycles. The molecule has 0 saturated heterocycles. The van der Waals surface area contributed by atoms with Crippen molar-refractivity contribution in [3.8, 4) is 0 Å². The molecular weight excluding hydrogens is 1800 g/mol. The smallest absolute Gasteiger partial charge is 0.0180 e.